The van der Waals surface area contributed by atoms with E-state index in [2.05, 4.69) is 26.5 Å². The Morgan fingerprint density at radius 2 is 2.31 bits per heavy atom. The Morgan fingerprint density at radius 1 is 1.56 bits per heavy atom. The molecule has 2 aliphatic carbocycles. The van der Waals surface area contributed by atoms with Gasteiger partial charge in [0.2, 0.25) is 0 Å². The lowest BCUT2D eigenvalue weighted by Gasteiger charge is -2.48. The molecule has 90 valence electrons. The maximum absolute atomic E-state index is 9.20. The minimum atomic E-state index is 0.164. The highest BCUT2D eigenvalue weighted by atomic mass is 16.3. The largest absolute Gasteiger partial charge is 0.392 e. The average Bonchev–Trinajstić information content (AvgIpc) is 2.27. The van der Waals surface area contributed by atoms with E-state index < -0.39 is 0 Å². The van der Waals surface area contributed by atoms with Gasteiger partial charge in [0.15, 0.2) is 0 Å². The van der Waals surface area contributed by atoms with Gasteiger partial charge in [0.25, 0.3) is 0 Å². The minimum absolute atomic E-state index is 0.164. The summed E-state index contributed by atoms with van der Waals surface area (Å²) in [5.41, 5.74) is 3.13. The lowest BCUT2D eigenvalue weighted by atomic mass is 9.57. The molecule has 0 radical (unpaired) electrons. The van der Waals surface area contributed by atoms with Crippen molar-refractivity contribution in [1.29, 1.82) is 0 Å². The van der Waals surface area contributed by atoms with Crippen molar-refractivity contribution < 1.29 is 5.11 Å². The molecule has 0 bridgehead atoms. The first-order valence-electron chi connectivity index (χ1n) is 6.52. The number of hydrogen-bond donors (Lipinski definition) is 1. The van der Waals surface area contributed by atoms with Crippen LogP contribution in [0.1, 0.15) is 46.0 Å². The molecule has 1 nitrogen and oxygen atoms in total. The van der Waals surface area contributed by atoms with Crippen molar-refractivity contribution in [1.82, 2.24) is 0 Å². The van der Waals surface area contributed by atoms with Crippen molar-refractivity contribution in [3.05, 3.63) is 23.8 Å². The SMILES string of the molecule is C=C(CO)[C@H]1CC[C@]2(C)CCC=C(C)[C@H]2C1. The van der Waals surface area contributed by atoms with E-state index in [4.69, 9.17) is 0 Å². The molecule has 0 amide bonds. The molecular weight excluding hydrogens is 196 g/mol. The standard InChI is InChI=1S/C15H24O/c1-11-5-4-7-15(3)8-6-13(9-14(11)15)12(2)10-16/h5,13-14,16H,2,4,6-10H2,1,3H3/t13-,14+,15-/m0/s1. The second kappa shape index (κ2) is 4.37. The normalized spacial score (nSPS) is 38.8. The quantitative estimate of drug-likeness (QED) is 0.704. The molecule has 0 spiro atoms. The van der Waals surface area contributed by atoms with Crippen molar-refractivity contribution in [3.63, 3.8) is 0 Å². The van der Waals surface area contributed by atoms with Crippen LogP contribution in [0.5, 0.6) is 0 Å². The second-order valence-electron chi connectivity index (χ2n) is 5.98. The zero-order valence-corrected chi connectivity index (χ0v) is 10.6. The van der Waals surface area contributed by atoms with E-state index in [1.54, 1.807) is 5.57 Å². The predicted molar refractivity (Wildman–Crippen MR) is 68.2 cm³/mol. The van der Waals surface area contributed by atoms with Gasteiger partial charge >= 0.3 is 0 Å². The molecule has 1 fully saturated rings. The van der Waals surface area contributed by atoms with Crippen LogP contribution in [0.15, 0.2) is 23.8 Å². The van der Waals surface area contributed by atoms with Gasteiger partial charge in [-0.15, -0.1) is 0 Å². The summed E-state index contributed by atoms with van der Waals surface area (Å²) in [7, 11) is 0. The van der Waals surface area contributed by atoms with Crippen LogP contribution in [-0.2, 0) is 0 Å². The maximum atomic E-state index is 9.20. The fraction of sp³-hybridized carbons (Fsp3) is 0.733. The van der Waals surface area contributed by atoms with Crippen LogP contribution in [0, 0.1) is 17.3 Å². The fourth-order valence-electron chi connectivity index (χ4n) is 3.67. The van der Waals surface area contributed by atoms with E-state index in [1.165, 1.54) is 32.1 Å². The molecule has 0 unspecified atom stereocenters. The highest BCUT2D eigenvalue weighted by Crippen LogP contribution is 2.52. The Bertz CT molecular complexity index is 315. The molecular formula is C15H24O. The summed E-state index contributed by atoms with van der Waals surface area (Å²) in [5, 5.41) is 9.20. The Balaban J connectivity index is 2.15. The number of aliphatic hydroxyl groups is 1. The van der Waals surface area contributed by atoms with Gasteiger partial charge in [-0.3, -0.25) is 0 Å². The van der Waals surface area contributed by atoms with Crippen LogP contribution in [0.4, 0.5) is 0 Å². The molecule has 3 atom stereocenters. The molecule has 2 aliphatic rings. The average molecular weight is 220 g/mol. The van der Waals surface area contributed by atoms with Crippen LogP contribution in [0.3, 0.4) is 0 Å². The number of aliphatic hydroxyl groups excluding tert-OH is 1. The molecule has 2 rings (SSSR count). The second-order valence-corrected chi connectivity index (χ2v) is 5.98. The molecule has 16 heavy (non-hydrogen) atoms. The van der Waals surface area contributed by atoms with E-state index in [1.807, 2.05) is 0 Å². The minimum Gasteiger partial charge on any atom is -0.392 e. The van der Waals surface area contributed by atoms with Crippen LogP contribution in [-0.4, -0.2) is 11.7 Å². The predicted octanol–water partition coefficient (Wildman–Crippen LogP) is 3.70. The lowest BCUT2D eigenvalue weighted by molar-refractivity contribution is 0.0943. The molecule has 0 aliphatic heterocycles. The van der Waals surface area contributed by atoms with Crippen LogP contribution < -0.4 is 0 Å². The van der Waals surface area contributed by atoms with Gasteiger partial charge in [-0.25, -0.2) is 0 Å². The molecule has 0 saturated heterocycles. The summed E-state index contributed by atoms with van der Waals surface area (Å²) in [6, 6.07) is 0. The third-order valence-electron chi connectivity index (χ3n) is 4.94. The van der Waals surface area contributed by atoms with Gasteiger partial charge in [-0.1, -0.05) is 25.2 Å². The molecule has 0 aromatic heterocycles. The molecule has 1 saturated carbocycles. The fourth-order valence-corrected chi connectivity index (χ4v) is 3.67. The number of allylic oxidation sites excluding steroid dienone is 2. The number of fused-ring (bicyclic) bond motifs is 1. The van der Waals surface area contributed by atoms with Crippen LogP contribution in [0.2, 0.25) is 0 Å². The molecule has 1 N–H and O–H groups in total. The Morgan fingerprint density at radius 3 is 3.00 bits per heavy atom. The third kappa shape index (κ3) is 1.98. The van der Waals surface area contributed by atoms with Gasteiger partial charge < -0.3 is 5.11 Å². The van der Waals surface area contributed by atoms with E-state index in [9.17, 15) is 5.11 Å². The van der Waals surface area contributed by atoms with Crippen LogP contribution >= 0.6 is 0 Å². The first-order valence-corrected chi connectivity index (χ1v) is 6.52. The van der Waals surface area contributed by atoms with E-state index >= 15 is 0 Å². The first kappa shape index (κ1) is 11.9. The Labute approximate surface area is 99.3 Å². The van der Waals surface area contributed by atoms with Crippen LogP contribution in [0.25, 0.3) is 0 Å². The van der Waals surface area contributed by atoms with Gasteiger partial charge in [-0.2, -0.15) is 0 Å². The van der Waals surface area contributed by atoms with E-state index in [0.717, 1.165) is 11.5 Å². The summed E-state index contributed by atoms with van der Waals surface area (Å²) >= 11 is 0. The van der Waals surface area contributed by atoms with E-state index in [-0.39, 0.29) is 6.61 Å². The summed E-state index contributed by atoms with van der Waals surface area (Å²) in [6.07, 6.45) is 8.73. The Kier molecular flexibility index (Phi) is 3.25. The topological polar surface area (TPSA) is 20.2 Å². The van der Waals surface area contributed by atoms with Crippen molar-refractivity contribution in [3.8, 4) is 0 Å². The summed E-state index contributed by atoms with van der Waals surface area (Å²) in [4.78, 5) is 0. The highest BCUT2D eigenvalue weighted by Gasteiger charge is 2.41. The summed E-state index contributed by atoms with van der Waals surface area (Å²) < 4.78 is 0. The smallest absolute Gasteiger partial charge is 0.0641 e. The molecule has 0 aromatic rings. The monoisotopic (exact) mass is 220 g/mol. The first-order chi connectivity index (χ1) is 7.57. The van der Waals surface area contributed by atoms with Gasteiger partial charge in [0, 0.05) is 0 Å². The van der Waals surface area contributed by atoms with E-state index in [0.29, 0.717) is 11.3 Å². The zero-order chi connectivity index (χ0) is 11.8. The summed E-state index contributed by atoms with van der Waals surface area (Å²) in [6.45, 7) is 8.91. The number of rotatable bonds is 2. The molecule has 0 aromatic carbocycles. The number of hydrogen-bond acceptors (Lipinski definition) is 1. The van der Waals surface area contributed by atoms with Crippen molar-refractivity contribution >= 4 is 0 Å². The van der Waals surface area contributed by atoms with Gasteiger partial charge in [0.1, 0.15) is 0 Å². The zero-order valence-electron chi connectivity index (χ0n) is 10.6. The van der Waals surface area contributed by atoms with Crippen molar-refractivity contribution in [2.24, 2.45) is 17.3 Å². The van der Waals surface area contributed by atoms with Gasteiger partial charge in [0.05, 0.1) is 6.61 Å². The van der Waals surface area contributed by atoms with Gasteiger partial charge in [-0.05, 0) is 61.9 Å². The Hall–Kier alpha value is -0.560. The van der Waals surface area contributed by atoms with Crippen molar-refractivity contribution in [2.75, 3.05) is 6.61 Å². The summed E-state index contributed by atoms with van der Waals surface area (Å²) in [5.74, 6) is 1.27. The molecule has 0 heterocycles. The van der Waals surface area contributed by atoms with Crippen molar-refractivity contribution in [2.45, 2.75) is 46.0 Å². The lowest BCUT2D eigenvalue weighted by Crippen LogP contribution is -2.37. The third-order valence-corrected chi connectivity index (χ3v) is 4.94. The highest BCUT2D eigenvalue weighted by molar-refractivity contribution is 5.17. The molecule has 1 heteroatoms. The maximum Gasteiger partial charge on any atom is 0.0641 e.